The predicted octanol–water partition coefficient (Wildman–Crippen LogP) is -1.61. The molecule has 1 rings (SSSR count). The molecule has 74 valence electrons. The van der Waals surface area contributed by atoms with Gasteiger partial charge in [0.2, 0.25) is 0 Å². The van der Waals surface area contributed by atoms with E-state index in [0.29, 0.717) is 0 Å². The molecule has 0 unspecified atom stereocenters. The fraction of sp³-hybridized carbons (Fsp3) is 1.00. The summed E-state index contributed by atoms with van der Waals surface area (Å²) in [6.07, 6.45) is -2.53. The van der Waals surface area contributed by atoms with Crippen LogP contribution in [-0.2, 0) is 14.0 Å². The lowest BCUT2D eigenvalue weighted by molar-refractivity contribution is 0.00328. The first-order valence-corrected chi connectivity index (χ1v) is 5.41. The molecule has 0 aliphatic carbocycles. The molecule has 0 bridgehead atoms. The van der Waals surface area contributed by atoms with Gasteiger partial charge in [-0.25, -0.2) is 0 Å². The van der Waals surface area contributed by atoms with Gasteiger partial charge in [-0.15, -0.1) is 0 Å². The van der Waals surface area contributed by atoms with Crippen LogP contribution in [0.1, 0.15) is 0 Å². The number of hydrogen-bond acceptors (Lipinski definition) is 4. The summed E-state index contributed by atoms with van der Waals surface area (Å²) in [6, 6.07) is -0.846. The second kappa shape index (κ2) is 4.08. The molecule has 1 aliphatic rings. The summed E-state index contributed by atoms with van der Waals surface area (Å²) in [4.78, 5) is 16.9. The van der Waals surface area contributed by atoms with Crippen molar-refractivity contribution in [1.29, 1.82) is 0 Å². The summed E-state index contributed by atoms with van der Waals surface area (Å²) >= 11 is 0. The Hall–Kier alpha value is 0.0949. The van der Waals surface area contributed by atoms with Crippen LogP contribution < -0.4 is 0 Å². The van der Waals surface area contributed by atoms with Crippen molar-refractivity contribution in [3.63, 3.8) is 0 Å². The van der Waals surface area contributed by atoms with E-state index in [0.717, 1.165) is 0 Å². The summed E-state index contributed by atoms with van der Waals surface area (Å²) in [7, 11) is 1.07. The maximum atomic E-state index is 10.4. The Kier molecular flexibility index (Phi) is 3.51. The van der Waals surface area contributed by atoms with Crippen LogP contribution in [0.3, 0.4) is 0 Å². The molecule has 1 aliphatic heterocycles. The normalized spacial score (nSPS) is 35.2. The molecule has 8 heteroatoms. The van der Waals surface area contributed by atoms with Crippen LogP contribution in [-0.4, -0.2) is 53.9 Å². The maximum Gasteiger partial charge on any atom is 0.350 e. The first-order valence-electron chi connectivity index (χ1n) is 3.61. The Morgan fingerprint density at radius 2 is 2.23 bits per heavy atom. The molecule has 0 spiro atoms. The summed E-state index contributed by atoms with van der Waals surface area (Å²) in [6.45, 7) is 0.0440. The van der Waals surface area contributed by atoms with Gasteiger partial charge in [-0.1, -0.05) is 0 Å². The lowest BCUT2D eigenvalue weighted by atomic mass is 9.94. The van der Waals surface area contributed by atoms with Crippen molar-refractivity contribution in [1.82, 2.24) is 0 Å². The van der Waals surface area contributed by atoms with E-state index in [1.165, 1.54) is 0 Å². The SMILES string of the molecule is [B][C@@H]1OC[C@H](OCP(=O)(O)O)[C@H]1O. The zero-order valence-electron chi connectivity index (χ0n) is 6.74. The van der Waals surface area contributed by atoms with Gasteiger partial charge in [0.15, 0.2) is 0 Å². The molecule has 6 nitrogen and oxygen atoms in total. The Morgan fingerprint density at radius 3 is 2.62 bits per heavy atom. The lowest BCUT2D eigenvalue weighted by Crippen LogP contribution is -2.32. The molecular weight excluding hydrogens is 198 g/mol. The Labute approximate surface area is 76.4 Å². The molecule has 0 aromatic heterocycles. The molecule has 3 atom stereocenters. The summed E-state index contributed by atoms with van der Waals surface area (Å²) in [5, 5.41) is 9.23. The zero-order chi connectivity index (χ0) is 10.1. The van der Waals surface area contributed by atoms with Gasteiger partial charge in [0, 0.05) is 6.00 Å². The van der Waals surface area contributed by atoms with Crippen molar-refractivity contribution < 1.29 is 28.9 Å². The van der Waals surface area contributed by atoms with Gasteiger partial charge in [-0.3, -0.25) is 4.57 Å². The average molecular weight is 208 g/mol. The van der Waals surface area contributed by atoms with Gasteiger partial charge in [-0.2, -0.15) is 0 Å². The second-order valence-corrected chi connectivity index (χ2v) is 4.38. The largest absolute Gasteiger partial charge is 0.388 e. The molecule has 2 radical (unpaired) electrons. The predicted molar refractivity (Wildman–Crippen MR) is 43.3 cm³/mol. The van der Waals surface area contributed by atoms with Crippen LogP contribution >= 0.6 is 7.60 Å². The number of hydrogen-bond donors (Lipinski definition) is 3. The number of aliphatic hydroxyl groups excluding tert-OH is 1. The number of rotatable bonds is 3. The summed E-state index contributed by atoms with van der Waals surface area (Å²) in [5.41, 5.74) is 0. The summed E-state index contributed by atoms with van der Waals surface area (Å²) in [5.74, 6) is 0. The third-order valence-corrected chi connectivity index (χ3v) is 2.11. The fourth-order valence-corrected chi connectivity index (χ4v) is 1.34. The van der Waals surface area contributed by atoms with Crippen molar-refractivity contribution in [2.24, 2.45) is 0 Å². The van der Waals surface area contributed by atoms with E-state index in [2.05, 4.69) is 0 Å². The number of aliphatic hydroxyl groups is 1. The van der Waals surface area contributed by atoms with E-state index in [1.54, 1.807) is 0 Å². The van der Waals surface area contributed by atoms with Gasteiger partial charge >= 0.3 is 7.60 Å². The quantitative estimate of drug-likeness (QED) is 0.381. The van der Waals surface area contributed by atoms with Gasteiger partial charge in [0.25, 0.3) is 0 Å². The van der Waals surface area contributed by atoms with Gasteiger partial charge in [-0.05, 0) is 0 Å². The standard InChI is InChI=1S/C5H10BO6P/c6-5-4(7)3(1-11-5)12-2-13(8,9)10/h3-5,7H,1-2H2,(H2,8,9,10)/t3-,4+,5+/m0/s1. The molecule has 1 heterocycles. The first-order chi connectivity index (χ1) is 5.90. The van der Waals surface area contributed by atoms with E-state index in [4.69, 9.17) is 27.1 Å². The number of ether oxygens (including phenoxy) is 2. The molecule has 0 amide bonds. The topological polar surface area (TPSA) is 96.2 Å². The Bertz CT molecular complexity index is 217. The average Bonchev–Trinajstić information content (AvgIpc) is 2.29. The highest BCUT2D eigenvalue weighted by Gasteiger charge is 2.34. The Morgan fingerprint density at radius 1 is 1.62 bits per heavy atom. The second-order valence-electron chi connectivity index (χ2n) is 2.79. The van der Waals surface area contributed by atoms with Crippen LogP contribution in [0.4, 0.5) is 0 Å². The van der Waals surface area contributed by atoms with Crippen molar-refractivity contribution in [2.75, 3.05) is 13.0 Å². The van der Waals surface area contributed by atoms with Crippen LogP contribution in [0.25, 0.3) is 0 Å². The third-order valence-electron chi connectivity index (χ3n) is 1.63. The maximum absolute atomic E-state index is 10.4. The molecule has 0 saturated carbocycles. The van der Waals surface area contributed by atoms with Gasteiger partial charge in [0.05, 0.1) is 12.7 Å². The Balaban J connectivity index is 2.35. The molecular formula is C5H10BO6P. The van der Waals surface area contributed by atoms with Crippen molar-refractivity contribution >= 4 is 15.4 Å². The van der Waals surface area contributed by atoms with Crippen molar-refractivity contribution in [3.8, 4) is 0 Å². The van der Waals surface area contributed by atoms with Crippen LogP contribution in [0, 0.1) is 0 Å². The fourth-order valence-electron chi connectivity index (χ4n) is 0.954. The lowest BCUT2D eigenvalue weighted by Gasteiger charge is -2.15. The van der Waals surface area contributed by atoms with E-state index in [1.807, 2.05) is 0 Å². The minimum atomic E-state index is -4.19. The van der Waals surface area contributed by atoms with E-state index >= 15 is 0 Å². The van der Waals surface area contributed by atoms with Crippen molar-refractivity contribution in [3.05, 3.63) is 0 Å². The molecule has 1 saturated heterocycles. The highest BCUT2D eigenvalue weighted by Crippen LogP contribution is 2.35. The smallest absolute Gasteiger partial charge is 0.350 e. The van der Waals surface area contributed by atoms with Crippen LogP contribution in [0.5, 0.6) is 0 Å². The molecule has 0 aromatic carbocycles. The van der Waals surface area contributed by atoms with Crippen LogP contribution in [0.15, 0.2) is 0 Å². The highest BCUT2D eigenvalue weighted by molar-refractivity contribution is 7.51. The van der Waals surface area contributed by atoms with E-state index < -0.39 is 32.2 Å². The monoisotopic (exact) mass is 208 g/mol. The van der Waals surface area contributed by atoms with E-state index in [-0.39, 0.29) is 6.61 Å². The highest BCUT2D eigenvalue weighted by atomic mass is 31.2. The van der Waals surface area contributed by atoms with Crippen LogP contribution in [0.2, 0.25) is 0 Å². The minimum absolute atomic E-state index is 0.0440. The minimum Gasteiger partial charge on any atom is -0.388 e. The third kappa shape index (κ3) is 3.38. The molecule has 1 fully saturated rings. The first kappa shape index (κ1) is 11.2. The molecule has 3 N–H and O–H groups in total. The van der Waals surface area contributed by atoms with E-state index in [9.17, 15) is 9.67 Å². The zero-order valence-corrected chi connectivity index (χ0v) is 7.63. The molecule has 13 heavy (non-hydrogen) atoms. The molecule has 0 aromatic rings. The van der Waals surface area contributed by atoms with Gasteiger partial charge < -0.3 is 24.4 Å². The van der Waals surface area contributed by atoms with Gasteiger partial charge in [0.1, 0.15) is 20.3 Å². The summed E-state index contributed by atoms with van der Waals surface area (Å²) < 4.78 is 19.9. The van der Waals surface area contributed by atoms with Crippen molar-refractivity contribution in [2.45, 2.75) is 18.2 Å².